The van der Waals surface area contributed by atoms with E-state index in [9.17, 15) is 0 Å². The summed E-state index contributed by atoms with van der Waals surface area (Å²) in [6.45, 7) is 12.0. The molecule has 0 heterocycles. The van der Waals surface area contributed by atoms with Gasteiger partial charge in [-0.2, -0.15) is 0 Å². The minimum Gasteiger partial charge on any atom is -0.489 e. The van der Waals surface area contributed by atoms with Crippen molar-refractivity contribution >= 4 is 0 Å². The van der Waals surface area contributed by atoms with Crippen molar-refractivity contribution in [1.29, 1.82) is 0 Å². The van der Waals surface area contributed by atoms with Crippen molar-refractivity contribution in [3.8, 4) is 5.75 Å². The van der Waals surface area contributed by atoms with E-state index in [0.717, 1.165) is 30.7 Å². The average Bonchev–Trinajstić information content (AvgIpc) is 2.37. The van der Waals surface area contributed by atoms with Crippen LogP contribution in [-0.4, -0.2) is 19.2 Å². The normalized spacial score (nSPS) is 12.2. The second kappa shape index (κ2) is 7.93. The Kier molecular flexibility index (Phi) is 6.51. The van der Waals surface area contributed by atoms with Crippen molar-refractivity contribution in [3.63, 3.8) is 0 Å². The van der Waals surface area contributed by atoms with Crippen LogP contribution in [0, 0.1) is 0 Å². The molecule has 0 aromatic heterocycles. The lowest BCUT2D eigenvalue weighted by Gasteiger charge is -2.13. The Labute approximate surface area is 111 Å². The third kappa shape index (κ3) is 5.37. The molecule has 0 aliphatic heterocycles. The van der Waals surface area contributed by atoms with Crippen LogP contribution in [0.25, 0.3) is 0 Å². The van der Waals surface area contributed by atoms with Gasteiger partial charge in [-0.15, -0.1) is 0 Å². The summed E-state index contributed by atoms with van der Waals surface area (Å²) in [6, 6.07) is 8.87. The van der Waals surface area contributed by atoms with E-state index >= 15 is 0 Å². The number of likely N-dealkylation sites (N-methyl/N-ethyl adjacent to an activating group) is 1. The number of rotatable bonds is 8. The standard InChI is InChI=1S/C16H25NO/c1-5-13(3)12-18-16-9-7-15(8-10-16)11-14(4)17-6-2/h7-10,14,17H,3,5-6,11-12H2,1-2,4H3. The zero-order valence-corrected chi connectivity index (χ0v) is 11.8. The van der Waals surface area contributed by atoms with Crippen LogP contribution < -0.4 is 10.1 Å². The monoisotopic (exact) mass is 247 g/mol. The van der Waals surface area contributed by atoms with Crippen LogP contribution in [0.5, 0.6) is 5.75 Å². The first-order chi connectivity index (χ1) is 8.65. The van der Waals surface area contributed by atoms with E-state index in [2.05, 4.69) is 44.8 Å². The summed E-state index contributed by atoms with van der Waals surface area (Å²) in [5.41, 5.74) is 2.46. The lowest BCUT2D eigenvalue weighted by Crippen LogP contribution is -2.27. The fraction of sp³-hybridized carbons (Fsp3) is 0.500. The number of hydrogen-bond acceptors (Lipinski definition) is 2. The Morgan fingerprint density at radius 2 is 1.94 bits per heavy atom. The molecule has 100 valence electrons. The predicted molar refractivity (Wildman–Crippen MR) is 78.2 cm³/mol. The van der Waals surface area contributed by atoms with Crippen LogP contribution in [0.2, 0.25) is 0 Å². The maximum Gasteiger partial charge on any atom is 0.119 e. The molecule has 2 heteroatoms. The molecule has 0 radical (unpaired) electrons. The summed E-state index contributed by atoms with van der Waals surface area (Å²) in [6.07, 6.45) is 2.02. The summed E-state index contributed by atoms with van der Waals surface area (Å²) in [7, 11) is 0. The number of nitrogens with one attached hydrogen (secondary N) is 1. The smallest absolute Gasteiger partial charge is 0.119 e. The molecule has 0 aliphatic rings. The second-order valence-corrected chi connectivity index (χ2v) is 4.70. The minimum atomic E-state index is 0.515. The van der Waals surface area contributed by atoms with Crippen molar-refractivity contribution < 1.29 is 4.74 Å². The van der Waals surface area contributed by atoms with Crippen LogP contribution in [0.4, 0.5) is 0 Å². The molecule has 1 aromatic rings. The van der Waals surface area contributed by atoms with Gasteiger partial charge < -0.3 is 10.1 Å². The Bertz CT molecular complexity index is 356. The van der Waals surface area contributed by atoms with Crippen molar-refractivity contribution in [2.45, 2.75) is 39.7 Å². The van der Waals surface area contributed by atoms with Gasteiger partial charge in [0.25, 0.3) is 0 Å². The van der Waals surface area contributed by atoms with Gasteiger partial charge in [0.1, 0.15) is 12.4 Å². The topological polar surface area (TPSA) is 21.3 Å². The average molecular weight is 247 g/mol. The highest BCUT2D eigenvalue weighted by atomic mass is 16.5. The molecule has 0 saturated heterocycles. The molecule has 0 bridgehead atoms. The third-order valence-electron chi connectivity index (χ3n) is 2.96. The maximum atomic E-state index is 5.65. The SMILES string of the molecule is C=C(CC)COc1ccc(CC(C)NCC)cc1. The first-order valence-electron chi connectivity index (χ1n) is 6.77. The van der Waals surface area contributed by atoms with E-state index in [0.29, 0.717) is 12.6 Å². The largest absolute Gasteiger partial charge is 0.489 e. The van der Waals surface area contributed by atoms with E-state index in [4.69, 9.17) is 4.74 Å². The summed E-state index contributed by atoms with van der Waals surface area (Å²) in [5.74, 6) is 0.921. The summed E-state index contributed by atoms with van der Waals surface area (Å²) < 4.78 is 5.65. The highest BCUT2D eigenvalue weighted by molar-refractivity contribution is 5.28. The zero-order chi connectivity index (χ0) is 13.4. The molecule has 0 fully saturated rings. The highest BCUT2D eigenvalue weighted by Crippen LogP contribution is 2.14. The highest BCUT2D eigenvalue weighted by Gasteiger charge is 2.02. The van der Waals surface area contributed by atoms with Gasteiger partial charge in [0, 0.05) is 6.04 Å². The molecule has 0 aliphatic carbocycles. The van der Waals surface area contributed by atoms with Crippen LogP contribution in [-0.2, 0) is 6.42 Å². The van der Waals surface area contributed by atoms with E-state index in [1.807, 2.05) is 12.1 Å². The predicted octanol–water partition coefficient (Wildman–Crippen LogP) is 3.57. The van der Waals surface area contributed by atoms with E-state index in [1.54, 1.807) is 0 Å². The van der Waals surface area contributed by atoms with Gasteiger partial charge in [0.05, 0.1) is 0 Å². The van der Waals surface area contributed by atoms with Crippen LogP contribution in [0.15, 0.2) is 36.4 Å². The lowest BCUT2D eigenvalue weighted by molar-refractivity contribution is 0.349. The van der Waals surface area contributed by atoms with Crippen molar-refractivity contribution in [2.24, 2.45) is 0 Å². The number of ether oxygens (including phenoxy) is 1. The maximum absolute atomic E-state index is 5.65. The molecule has 2 nitrogen and oxygen atoms in total. The Hall–Kier alpha value is -1.28. The van der Waals surface area contributed by atoms with Gasteiger partial charge in [-0.1, -0.05) is 32.6 Å². The summed E-state index contributed by atoms with van der Waals surface area (Å²) in [5, 5.41) is 3.41. The van der Waals surface area contributed by atoms with Gasteiger partial charge in [0.2, 0.25) is 0 Å². The molecule has 1 aromatic carbocycles. The fourth-order valence-electron chi connectivity index (χ4n) is 1.78. The van der Waals surface area contributed by atoms with E-state index < -0.39 is 0 Å². The van der Waals surface area contributed by atoms with Crippen LogP contribution >= 0.6 is 0 Å². The van der Waals surface area contributed by atoms with Crippen molar-refractivity contribution in [1.82, 2.24) is 5.32 Å². The third-order valence-corrected chi connectivity index (χ3v) is 2.96. The van der Waals surface area contributed by atoms with Gasteiger partial charge in [0.15, 0.2) is 0 Å². The first kappa shape index (κ1) is 14.8. The Balaban J connectivity index is 2.44. The summed E-state index contributed by atoms with van der Waals surface area (Å²) in [4.78, 5) is 0. The van der Waals surface area contributed by atoms with Gasteiger partial charge in [-0.05, 0) is 49.6 Å². The molecular weight excluding hydrogens is 222 g/mol. The Morgan fingerprint density at radius 1 is 1.28 bits per heavy atom. The fourth-order valence-corrected chi connectivity index (χ4v) is 1.78. The van der Waals surface area contributed by atoms with Gasteiger partial charge in [-0.3, -0.25) is 0 Å². The quantitative estimate of drug-likeness (QED) is 0.709. The molecule has 1 atom stereocenters. The van der Waals surface area contributed by atoms with Gasteiger partial charge >= 0.3 is 0 Å². The molecule has 0 amide bonds. The first-order valence-corrected chi connectivity index (χ1v) is 6.77. The van der Waals surface area contributed by atoms with Crippen molar-refractivity contribution in [2.75, 3.05) is 13.2 Å². The molecule has 0 saturated carbocycles. The minimum absolute atomic E-state index is 0.515. The molecular formula is C16H25NO. The number of hydrogen-bond donors (Lipinski definition) is 1. The number of benzene rings is 1. The Morgan fingerprint density at radius 3 is 2.50 bits per heavy atom. The molecule has 1 rings (SSSR count). The van der Waals surface area contributed by atoms with E-state index in [-0.39, 0.29) is 0 Å². The zero-order valence-electron chi connectivity index (χ0n) is 11.8. The second-order valence-electron chi connectivity index (χ2n) is 4.70. The van der Waals surface area contributed by atoms with Crippen molar-refractivity contribution in [3.05, 3.63) is 42.0 Å². The van der Waals surface area contributed by atoms with Crippen LogP contribution in [0.1, 0.15) is 32.8 Å². The van der Waals surface area contributed by atoms with Gasteiger partial charge in [-0.25, -0.2) is 0 Å². The summed E-state index contributed by atoms with van der Waals surface area (Å²) >= 11 is 0. The molecule has 1 N–H and O–H groups in total. The molecule has 1 unspecified atom stereocenters. The molecule has 0 spiro atoms. The lowest BCUT2D eigenvalue weighted by atomic mass is 10.1. The van der Waals surface area contributed by atoms with E-state index in [1.165, 1.54) is 5.56 Å². The van der Waals surface area contributed by atoms with Crippen LogP contribution in [0.3, 0.4) is 0 Å². The molecule has 18 heavy (non-hydrogen) atoms.